The molecule has 188 valence electrons. The second-order valence-electron chi connectivity index (χ2n) is 9.37. The van der Waals surface area contributed by atoms with Gasteiger partial charge in [-0.1, -0.05) is 18.2 Å². The number of imidazole rings is 1. The monoisotopic (exact) mass is 507 g/mol. The van der Waals surface area contributed by atoms with E-state index >= 15 is 0 Å². The van der Waals surface area contributed by atoms with Gasteiger partial charge in [-0.05, 0) is 55.3 Å². The topological polar surface area (TPSA) is 106 Å². The van der Waals surface area contributed by atoms with Crippen molar-refractivity contribution in [3.63, 3.8) is 0 Å². The summed E-state index contributed by atoms with van der Waals surface area (Å²) in [6.07, 6.45) is 3.88. The molecule has 1 aliphatic carbocycles. The lowest BCUT2D eigenvalue weighted by Gasteiger charge is -2.44. The van der Waals surface area contributed by atoms with Gasteiger partial charge in [0.05, 0.1) is 20.0 Å². The van der Waals surface area contributed by atoms with Gasteiger partial charge in [0, 0.05) is 24.0 Å². The van der Waals surface area contributed by atoms with E-state index in [2.05, 4.69) is 15.6 Å². The highest BCUT2D eigenvalue weighted by atomic mass is 32.1. The van der Waals surface area contributed by atoms with Crippen molar-refractivity contribution in [1.82, 2.24) is 25.1 Å². The first-order chi connectivity index (χ1) is 17.4. The fourth-order valence-corrected chi connectivity index (χ4v) is 5.38. The van der Waals surface area contributed by atoms with E-state index in [0.29, 0.717) is 19.5 Å². The van der Waals surface area contributed by atoms with Crippen molar-refractivity contribution in [2.45, 2.75) is 50.9 Å². The smallest absolute Gasteiger partial charge is 0.274 e. The SMILES string of the molecule is COc1ccc(CNC(=O)[C@@]2(C)Cn3cnc(C(=O)NCCc4cccs4)c3C(=O)N2C2CC2)cc1. The molecular formula is C26H29N5O4S. The number of amides is 3. The first-order valence-corrected chi connectivity index (χ1v) is 12.9. The average Bonchev–Trinajstić information content (AvgIpc) is 3.38. The standard InChI is InChI=1S/C26H29N5O4S/c1-26(25(34)28-14-17-5-9-19(35-2)10-6-17)15-30-16-29-21(22(30)24(33)31(26)18-7-8-18)23(32)27-12-11-20-4-3-13-36-20/h3-6,9-10,13,16,18H,7-8,11-12,14-15H2,1-2H3,(H,27,32)(H,28,34)/t26-/m1/s1. The molecule has 2 aromatic heterocycles. The van der Waals surface area contributed by atoms with Crippen molar-refractivity contribution >= 4 is 29.1 Å². The molecule has 0 bridgehead atoms. The molecule has 3 aromatic rings. The first kappa shape index (κ1) is 24.1. The summed E-state index contributed by atoms with van der Waals surface area (Å²) < 4.78 is 6.83. The largest absolute Gasteiger partial charge is 0.497 e. The molecule has 1 aromatic carbocycles. The van der Waals surface area contributed by atoms with Crippen molar-refractivity contribution in [2.24, 2.45) is 0 Å². The van der Waals surface area contributed by atoms with Crippen LogP contribution in [0.25, 0.3) is 0 Å². The number of rotatable bonds is 9. The van der Waals surface area contributed by atoms with Gasteiger partial charge in [-0.15, -0.1) is 11.3 Å². The van der Waals surface area contributed by atoms with Gasteiger partial charge in [-0.3, -0.25) is 14.4 Å². The number of thiophene rings is 1. The number of ether oxygens (including phenoxy) is 1. The Hall–Kier alpha value is -3.66. The third-order valence-electron chi connectivity index (χ3n) is 6.73. The van der Waals surface area contributed by atoms with Crippen LogP contribution in [-0.4, -0.2) is 57.4 Å². The minimum absolute atomic E-state index is 0.0207. The number of methoxy groups -OCH3 is 1. The zero-order chi connectivity index (χ0) is 25.3. The van der Waals surface area contributed by atoms with Crippen LogP contribution in [0.4, 0.5) is 0 Å². The average molecular weight is 508 g/mol. The van der Waals surface area contributed by atoms with Crippen LogP contribution < -0.4 is 15.4 Å². The number of carbonyl (C=O) groups excluding carboxylic acids is 3. The maximum absolute atomic E-state index is 13.7. The van der Waals surface area contributed by atoms with E-state index in [0.717, 1.165) is 24.2 Å². The molecule has 2 aliphatic rings. The molecule has 1 aliphatic heterocycles. The summed E-state index contributed by atoms with van der Waals surface area (Å²) in [6.45, 7) is 2.81. The van der Waals surface area contributed by atoms with Crippen molar-refractivity contribution in [2.75, 3.05) is 13.7 Å². The van der Waals surface area contributed by atoms with Crippen LogP contribution >= 0.6 is 11.3 Å². The van der Waals surface area contributed by atoms with E-state index in [9.17, 15) is 14.4 Å². The van der Waals surface area contributed by atoms with Crippen LogP contribution in [0, 0.1) is 0 Å². The highest BCUT2D eigenvalue weighted by molar-refractivity contribution is 7.09. The van der Waals surface area contributed by atoms with E-state index in [1.807, 2.05) is 41.8 Å². The lowest BCUT2D eigenvalue weighted by molar-refractivity contribution is -0.133. The molecule has 10 heteroatoms. The molecule has 3 amide bonds. The van der Waals surface area contributed by atoms with E-state index in [-0.39, 0.29) is 41.7 Å². The maximum atomic E-state index is 13.7. The van der Waals surface area contributed by atoms with Crippen LogP contribution in [0.1, 0.15) is 51.2 Å². The minimum Gasteiger partial charge on any atom is -0.497 e. The number of hydrogen-bond acceptors (Lipinski definition) is 6. The summed E-state index contributed by atoms with van der Waals surface area (Å²) in [7, 11) is 1.61. The third-order valence-corrected chi connectivity index (χ3v) is 7.67. The third kappa shape index (κ3) is 4.60. The summed E-state index contributed by atoms with van der Waals surface area (Å²) >= 11 is 1.64. The normalized spacial score (nSPS) is 19.1. The number of fused-ring (bicyclic) bond motifs is 1. The van der Waals surface area contributed by atoms with E-state index in [1.165, 1.54) is 11.2 Å². The number of aromatic nitrogens is 2. The molecule has 2 N–H and O–H groups in total. The molecule has 1 saturated carbocycles. The summed E-state index contributed by atoms with van der Waals surface area (Å²) in [5, 5.41) is 7.87. The Labute approximate surface area is 213 Å². The molecule has 0 radical (unpaired) electrons. The predicted octanol–water partition coefficient (Wildman–Crippen LogP) is 2.62. The highest BCUT2D eigenvalue weighted by Gasteiger charge is 2.53. The van der Waals surface area contributed by atoms with Gasteiger partial charge < -0.3 is 24.8 Å². The molecular weight excluding hydrogens is 478 g/mol. The first-order valence-electron chi connectivity index (χ1n) is 12.0. The van der Waals surface area contributed by atoms with Gasteiger partial charge in [-0.25, -0.2) is 4.98 Å². The quantitative estimate of drug-likeness (QED) is 0.463. The van der Waals surface area contributed by atoms with Gasteiger partial charge in [0.2, 0.25) is 5.91 Å². The molecule has 0 saturated heterocycles. The fraction of sp³-hybridized carbons (Fsp3) is 0.385. The van der Waals surface area contributed by atoms with Crippen molar-refractivity contribution in [3.05, 3.63) is 69.9 Å². The lowest BCUT2D eigenvalue weighted by atomic mass is 9.93. The Kier molecular flexibility index (Phi) is 6.53. The van der Waals surface area contributed by atoms with Crippen LogP contribution in [0.15, 0.2) is 48.1 Å². The van der Waals surface area contributed by atoms with E-state index in [4.69, 9.17) is 4.74 Å². The Balaban J connectivity index is 1.32. The van der Waals surface area contributed by atoms with Gasteiger partial charge in [-0.2, -0.15) is 0 Å². The Morgan fingerprint density at radius 1 is 1.19 bits per heavy atom. The molecule has 0 unspecified atom stereocenters. The summed E-state index contributed by atoms with van der Waals surface area (Å²) in [5.74, 6) is -0.197. The minimum atomic E-state index is -1.09. The summed E-state index contributed by atoms with van der Waals surface area (Å²) in [6, 6.07) is 11.4. The Morgan fingerprint density at radius 3 is 2.64 bits per heavy atom. The van der Waals surface area contributed by atoms with Gasteiger partial charge in [0.15, 0.2) is 5.69 Å². The van der Waals surface area contributed by atoms with Crippen molar-refractivity contribution < 1.29 is 19.1 Å². The number of hydrogen-bond donors (Lipinski definition) is 2. The predicted molar refractivity (Wildman–Crippen MR) is 135 cm³/mol. The molecule has 1 atom stereocenters. The molecule has 36 heavy (non-hydrogen) atoms. The van der Waals surface area contributed by atoms with Gasteiger partial charge in [0.25, 0.3) is 11.8 Å². The molecule has 9 nitrogen and oxygen atoms in total. The summed E-state index contributed by atoms with van der Waals surface area (Å²) in [5.41, 5.74) is 0.192. The highest BCUT2D eigenvalue weighted by Crippen LogP contribution is 2.38. The number of nitrogens with zero attached hydrogens (tertiary/aromatic N) is 3. The number of nitrogens with one attached hydrogen (secondary N) is 2. The van der Waals surface area contributed by atoms with Crippen molar-refractivity contribution in [1.29, 1.82) is 0 Å². The molecule has 5 rings (SSSR count). The van der Waals surface area contributed by atoms with Crippen LogP contribution in [-0.2, 0) is 24.3 Å². The zero-order valence-corrected chi connectivity index (χ0v) is 21.1. The zero-order valence-electron chi connectivity index (χ0n) is 20.3. The molecule has 1 fully saturated rings. The molecule has 0 spiro atoms. The Bertz CT molecular complexity index is 1270. The van der Waals surface area contributed by atoms with Gasteiger partial charge in [0.1, 0.15) is 17.0 Å². The lowest BCUT2D eigenvalue weighted by Crippen LogP contribution is -2.64. The van der Waals surface area contributed by atoms with Crippen LogP contribution in [0.3, 0.4) is 0 Å². The second-order valence-corrected chi connectivity index (χ2v) is 10.4. The van der Waals surface area contributed by atoms with Gasteiger partial charge >= 0.3 is 0 Å². The molecule has 3 heterocycles. The van der Waals surface area contributed by atoms with E-state index < -0.39 is 5.54 Å². The Morgan fingerprint density at radius 2 is 1.97 bits per heavy atom. The van der Waals surface area contributed by atoms with Crippen LogP contribution in [0.5, 0.6) is 5.75 Å². The van der Waals surface area contributed by atoms with E-state index in [1.54, 1.807) is 34.8 Å². The summed E-state index contributed by atoms with van der Waals surface area (Å²) in [4.78, 5) is 47.2. The number of carbonyl (C=O) groups is 3. The fourth-order valence-electron chi connectivity index (χ4n) is 4.68. The van der Waals surface area contributed by atoms with Crippen LogP contribution in [0.2, 0.25) is 0 Å². The van der Waals surface area contributed by atoms with Crippen molar-refractivity contribution in [3.8, 4) is 5.75 Å². The maximum Gasteiger partial charge on any atom is 0.274 e. The number of benzene rings is 1. The second kappa shape index (κ2) is 9.77.